The van der Waals surface area contributed by atoms with Crippen LogP contribution in [0.25, 0.3) is 0 Å². The third kappa shape index (κ3) is 3.65. The number of carbonyl (C=O) groups excluding carboxylic acids is 1. The zero-order chi connectivity index (χ0) is 12.6. The van der Waals surface area contributed by atoms with Gasteiger partial charge < -0.3 is 9.88 Å². The molecule has 0 aliphatic carbocycles. The summed E-state index contributed by atoms with van der Waals surface area (Å²) in [6.07, 6.45) is 11.9. The summed E-state index contributed by atoms with van der Waals surface area (Å²) >= 11 is 0. The molecule has 0 unspecified atom stereocenters. The Kier molecular flexibility index (Phi) is 4.40. The number of carbonyl (C=O) groups is 1. The molecule has 6 nitrogen and oxygen atoms in total. The maximum absolute atomic E-state index is 11.6. The molecule has 2 aromatic rings. The molecule has 0 fully saturated rings. The van der Waals surface area contributed by atoms with Gasteiger partial charge in [0.25, 0.3) is 5.91 Å². The SMILES string of the molecule is O=C(NCCCCn1ccnc1)c1cnccn1. The molecule has 6 heteroatoms. The number of nitrogens with zero attached hydrogens (tertiary/aromatic N) is 4. The van der Waals surface area contributed by atoms with E-state index in [1.807, 2.05) is 10.8 Å². The minimum Gasteiger partial charge on any atom is -0.351 e. The average molecular weight is 245 g/mol. The van der Waals surface area contributed by atoms with Gasteiger partial charge in [0.15, 0.2) is 0 Å². The number of nitrogens with one attached hydrogen (secondary N) is 1. The molecule has 2 heterocycles. The Hall–Kier alpha value is -2.24. The summed E-state index contributed by atoms with van der Waals surface area (Å²) < 4.78 is 2.02. The number of hydrogen-bond acceptors (Lipinski definition) is 4. The van der Waals surface area contributed by atoms with Crippen molar-refractivity contribution in [3.8, 4) is 0 Å². The molecule has 0 atom stereocenters. The molecule has 0 saturated heterocycles. The Balaban J connectivity index is 1.62. The van der Waals surface area contributed by atoms with Gasteiger partial charge in [-0.15, -0.1) is 0 Å². The van der Waals surface area contributed by atoms with Crippen molar-refractivity contribution < 1.29 is 4.79 Å². The van der Waals surface area contributed by atoms with Gasteiger partial charge in [-0.3, -0.25) is 9.78 Å². The minimum absolute atomic E-state index is 0.175. The number of aromatic nitrogens is 4. The summed E-state index contributed by atoms with van der Waals surface area (Å²) in [5.74, 6) is -0.175. The highest BCUT2D eigenvalue weighted by atomic mass is 16.1. The smallest absolute Gasteiger partial charge is 0.271 e. The normalized spacial score (nSPS) is 10.2. The average Bonchev–Trinajstić information content (AvgIpc) is 2.92. The lowest BCUT2D eigenvalue weighted by Crippen LogP contribution is -2.25. The van der Waals surface area contributed by atoms with E-state index < -0.39 is 0 Å². The highest BCUT2D eigenvalue weighted by Gasteiger charge is 2.04. The second-order valence-electron chi connectivity index (χ2n) is 3.85. The predicted molar refractivity (Wildman–Crippen MR) is 65.8 cm³/mol. The van der Waals surface area contributed by atoms with Gasteiger partial charge in [0.2, 0.25) is 0 Å². The molecule has 0 saturated carbocycles. The standard InChI is InChI=1S/C12H15N5O/c18-12(11-9-13-4-5-15-11)16-3-1-2-7-17-8-6-14-10-17/h4-6,8-10H,1-3,7H2,(H,16,18). The molecular formula is C12H15N5O. The first-order valence-electron chi connectivity index (χ1n) is 5.86. The Morgan fingerprint density at radius 1 is 1.22 bits per heavy atom. The maximum atomic E-state index is 11.6. The van der Waals surface area contributed by atoms with Crippen LogP contribution in [0, 0.1) is 0 Å². The van der Waals surface area contributed by atoms with E-state index in [0.29, 0.717) is 12.2 Å². The predicted octanol–water partition coefficient (Wildman–Crippen LogP) is 0.883. The van der Waals surface area contributed by atoms with Crippen molar-refractivity contribution in [1.82, 2.24) is 24.8 Å². The molecule has 94 valence electrons. The van der Waals surface area contributed by atoms with Crippen LogP contribution in [0.4, 0.5) is 0 Å². The van der Waals surface area contributed by atoms with Crippen LogP contribution in [0.15, 0.2) is 37.3 Å². The Labute approximate surface area is 105 Å². The van der Waals surface area contributed by atoms with E-state index in [2.05, 4.69) is 20.3 Å². The quantitative estimate of drug-likeness (QED) is 0.767. The van der Waals surface area contributed by atoms with Crippen LogP contribution < -0.4 is 5.32 Å². The van der Waals surface area contributed by atoms with Crippen LogP contribution in [0.3, 0.4) is 0 Å². The molecule has 0 aliphatic rings. The van der Waals surface area contributed by atoms with Crippen molar-refractivity contribution in [1.29, 1.82) is 0 Å². The monoisotopic (exact) mass is 245 g/mol. The number of rotatable bonds is 6. The van der Waals surface area contributed by atoms with Gasteiger partial charge in [-0.05, 0) is 12.8 Å². The van der Waals surface area contributed by atoms with E-state index in [4.69, 9.17) is 0 Å². The first-order chi connectivity index (χ1) is 8.86. The molecule has 0 bridgehead atoms. The lowest BCUT2D eigenvalue weighted by Gasteiger charge is -2.04. The van der Waals surface area contributed by atoms with Crippen LogP contribution in [0.2, 0.25) is 0 Å². The fraction of sp³-hybridized carbons (Fsp3) is 0.333. The van der Waals surface area contributed by atoms with E-state index in [1.54, 1.807) is 18.7 Å². The van der Waals surface area contributed by atoms with Crippen molar-refractivity contribution in [2.24, 2.45) is 0 Å². The topological polar surface area (TPSA) is 72.7 Å². The summed E-state index contributed by atoms with van der Waals surface area (Å²) in [5.41, 5.74) is 0.354. The molecular weight excluding hydrogens is 230 g/mol. The summed E-state index contributed by atoms with van der Waals surface area (Å²) in [6, 6.07) is 0. The van der Waals surface area contributed by atoms with Gasteiger partial charge in [0.1, 0.15) is 5.69 Å². The molecule has 18 heavy (non-hydrogen) atoms. The summed E-state index contributed by atoms with van der Waals surface area (Å²) in [4.78, 5) is 23.4. The summed E-state index contributed by atoms with van der Waals surface area (Å²) in [6.45, 7) is 1.56. The van der Waals surface area contributed by atoms with Gasteiger partial charge in [-0.1, -0.05) is 0 Å². The number of hydrogen-bond donors (Lipinski definition) is 1. The Bertz CT molecular complexity index is 468. The summed E-state index contributed by atoms with van der Waals surface area (Å²) in [5, 5.41) is 2.81. The molecule has 2 aromatic heterocycles. The van der Waals surface area contributed by atoms with Gasteiger partial charge in [-0.2, -0.15) is 0 Å². The van der Waals surface area contributed by atoms with Crippen molar-refractivity contribution in [3.05, 3.63) is 43.0 Å². The second-order valence-corrected chi connectivity index (χ2v) is 3.85. The van der Waals surface area contributed by atoms with E-state index in [-0.39, 0.29) is 5.91 Å². The van der Waals surface area contributed by atoms with Gasteiger partial charge in [0, 0.05) is 37.9 Å². The lowest BCUT2D eigenvalue weighted by molar-refractivity contribution is 0.0947. The maximum Gasteiger partial charge on any atom is 0.271 e. The third-order valence-corrected chi connectivity index (χ3v) is 2.48. The lowest BCUT2D eigenvalue weighted by atomic mass is 10.3. The fourth-order valence-corrected chi connectivity index (χ4v) is 1.55. The summed E-state index contributed by atoms with van der Waals surface area (Å²) in [7, 11) is 0. The first kappa shape index (κ1) is 12.2. The van der Waals surface area contributed by atoms with Gasteiger partial charge in [-0.25, -0.2) is 9.97 Å². The highest BCUT2D eigenvalue weighted by molar-refractivity contribution is 5.91. The largest absolute Gasteiger partial charge is 0.351 e. The molecule has 0 aromatic carbocycles. The second kappa shape index (κ2) is 6.48. The van der Waals surface area contributed by atoms with Crippen LogP contribution in [0.1, 0.15) is 23.3 Å². The fourth-order valence-electron chi connectivity index (χ4n) is 1.55. The Morgan fingerprint density at radius 2 is 2.17 bits per heavy atom. The highest BCUT2D eigenvalue weighted by Crippen LogP contribution is 1.95. The van der Waals surface area contributed by atoms with Gasteiger partial charge in [0.05, 0.1) is 12.5 Å². The third-order valence-electron chi connectivity index (χ3n) is 2.48. The van der Waals surface area contributed by atoms with Crippen LogP contribution >= 0.6 is 0 Å². The zero-order valence-electron chi connectivity index (χ0n) is 9.99. The van der Waals surface area contributed by atoms with E-state index in [1.165, 1.54) is 12.4 Å². The van der Waals surface area contributed by atoms with E-state index in [9.17, 15) is 4.79 Å². The first-order valence-corrected chi connectivity index (χ1v) is 5.86. The number of imidazole rings is 1. The van der Waals surface area contributed by atoms with E-state index in [0.717, 1.165) is 19.4 Å². The van der Waals surface area contributed by atoms with Gasteiger partial charge >= 0.3 is 0 Å². The molecule has 0 radical (unpaired) electrons. The number of unbranched alkanes of at least 4 members (excludes halogenated alkanes) is 1. The molecule has 0 aliphatic heterocycles. The number of aryl methyl sites for hydroxylation is 1. The van der Waals surface area contributed by atoms with E-state index >= 15 is 0 Å². The van der Waals surface area contributed by atoms with Crippen LogP contribution in [-0.4, -0.2) is 32.0 Å². The molecule has 2 rings (SSSR count). The van der Waals surface area contributed by atoms with Crippen molar-refractivity contribution in [2.45, 2.75) is 19.4 Å². The number of amides is 1. The Morgan fingerprint density at radius 3 is 2.89 bits per heavy atom. The van der Waals surface area contributed by atoms with Crippen LogP contribution in [-0.2, 0) is 6.54 Å². The van der Waals surface area contributed by atoms with Crippen LogP contribution in [0.5, 0.6) is 0 Å². The molecule has 1 N–H and O–H groups in total. The zero-order valence-corrected chi connectivity index (χ0v) is 9.99. The minimum atomic E-state index is -0.175. The molecule has 0 spiro atoms. The molecule has 1 amide bonds. The van der Waals surface area contributed by atoms with Crippen molar-refractivity contribution in [3.63, 3.8) is 0 Å². The van der Waals surface area contributed by atoms with Crippen molar-refractivity contribution >= 4 is 5.91 Å². The van der Waals surface area contributed by atoms with Crippen molar-refractivity contribution in [2.75, 3.05) is 6.54 Å².